The minimum Gasteiger partial charge on any atom is -0.481 e. The van der Waals surface area contributed by atoms with Crippen molar-refractivity contribution in [1.29, 1.82) is 0 Å². The number of unbranched alkanes of at least 4 members (excludes halogenated alkanes) is 3. The predicted molar refractivity (Wildman–Crippen MR) is 105 cm³/mol. The van der Waals surface area contributed by atoms with Crippen LogP contribution in [0.3, 0.4) is 0 Å². The first-order valence-corrected chi connectivity index (χ1v) is 10.7. The van der Waals surface area contributed by atoms with Gasteiger partial charge in [-0.25, -0.2) is 0 Å². The molecule has 0 aliphatic heterocycles. The SMILES string of the molecule is CC(C)CCCCCCC(CC(C)C)OC(=O)C1CCCC(C(=O)O)C1. The Hall–Kier alpha value is -1.06. The van der Waals surface area contributed by atoms with Crippen LogP contribution in [0.4, 0.5) is 0 Å². The summed E-state index contributed by atoms with van der Waals surface area (Å²) in [5.74, 6) is -0.290. The Morgan fingerprint density at radius 3 is 2.12 bits per heavy atom. The van der Waals surface area contributed by atoms with E-state index in [1.165, 1.54) is 25.7 Å². The van der Waals surface area contributed by atoms with Crippen LogP contribution in [0.2, 0.25) is 0 Å². The zero-order valence-corrected chi connectivity index (χ0v) is 17.3. The van der Waals surface area contributed by atoms with Crippen LogP contribution in [0.1, 0.15) is 98.3 Å². The lowest BCUT2D eigenvalue weighted by Crippen LogP contribution is -2.31. The Morgan fingerprint density at radius 2 is 1.54 bits per heavy atom. The minimum atomic E-state index is -0.775. The largest absolute Gasteiger partial charge is 0.481 e. The summed E-state index contributed by atoms with van der Waals surface area (Å²) < 4.78 is 5.84. The number of hydrogen-bond acceptors (Lipinski definition) is 3. The van der Waals surface area contributed by atoms with E-state index in [9.17, 15) is 14.7 Å². The van der Waals surface area contributed by atoms with E-state index in [0.717, 1.165) is 38.0 Å². The fourth-order valence-electron chi connectivity index (χ4n) is 3.92. The Labute approximate surface area is 160 Å². The normalized spacial score (nSPS) is 21.8. The van der Waals surface area contributed by atoms with Gasteiger partial charge in [0.15, 0.2) is 0 Å². The molecule has 0 aromatic heterocycles. The van der Waals surface area contributed by atoms with Gasteiger partial charge in [-0.2, -0.15) is 0 Å². The second-order valence-electron chi connectivity index (χ2n) is 8.97. The van der Waals surface area contributed by atoms with Crippen molar-refractivity contribution in [2.24, 2.45) is 23.7 Å². The number of carboxylic acids is 1. The number of rotatable bonds is 12. The van der Waals surface area contributed by atoms with Crippen LogP contribution in [-0.4, -0.2) is 23.1 Å². The lowest BCUT2D eigenvalue weighted by atomic mass is 9.81. The van der Waals surface area contributed by atoms with Gasteiger partial charge in [0, 0.05) is 0 Å². The molecule has 3 atom stereocenters. The molecule has 0 heterocycles. The lowest BCUT2D eigenvalue weighted by molar-refractivity contribution is -0.158. The molecule has 152 valence electrons. The summed E-state index contributed by atoms with van der Waals surface area (Å²) in [6, 6.07) is 0. The number of carboxylic acid groups (broad SMARTS) is 1. The van der Waals surface area contributed by atoms with Crippen LogP contribution in [-0.2, 0) is 14.3 Å². The molecule has 1 aliphatic carbocycles. The lowest BCUT2D eigenvalue weighted by Gasteiger charge is -2.28. The summed E-state index contributed by atoms with van der Waals surface area (Å²) in [5, 5.41) is 9.21. The van der Waals surface area contributed by atoms with Crippen molar-refractivity contribution in [3.63, 3.8) is 0 Å². The van der Waals surface area contributed by atoms with Gasteiger partial charge in [0.05, 0.1) is 11.8 Å². The molecular formula is C22H40O4. The van der Waals surface area contributed by atoms with E-state index in [1.54, 1.807) is 0 Å². The van der Waals surface area contributed by atoms with Crippen molar-refractivity contribution < 1.29 is 19.4 Å². The molecule has 3 unspecified atom stereocenters. The number of esters is 1. The van der Waals surface area contributed by atoms with Gasteiger partial charge in [0.25, 0.3) is 0 Å². The molecule has 0 radical (unpaired) electrons. The number of ether oxygens (including phenoxy) is 1. The molecule has 4 nitrogen and oxygen atoms in total. The van der Waals surface area contributed by atoms with Crippen molar-refractivity contribution >= 4 is 11.9 Å². The molecule has 0 bridgehead atoms. The van der Waals surface area contributed by atoms with Crippen LogP contribution in [0.25, 0.3) is 0 Å². The van der Waals surface area contributed by atoms with Crippen LogP contribution in [0.5, 0.6) is 0 Å². The quantitative estimate of drug-likeness (QED) is 0.347. The van der Waals surface area contributed by atoms with Gasteiger partial charge in [0.1, 0.15) is 6.10 Å². The van der Waals surface area contributed by atoms with Crippen LogP contribution in [0.15, 0.2) is 0 Å². The third-order valence-corrected chi connectivity index (χ3v) is 5.43. The van der Waals surface area contributed by atoms with E-state index in [1.807, 2.05) is 0 Å². The third kappa shape index (κ3) is 9.59. The van der Waals surface area contributed by atoms with Crippen LogP contribution < -0.4 is 0 Å². The molecule has 1 aliphatic rings. The third-order valence-electron chi connectivity index (χ3n) is 5.43. The van der Waals surface area contributed by atoms with Crippen molar-refractivity contribution in [2.45, 2.75) is 104 Å². The highest BCUT2D eigenvalue weighted by Gasteiger charge is 2.33. The first-order valence-electron chi connectivity index (χ1n) is 10.7. The average molecular weight is 369 g/mol. The maximum Gasteiger partial charge on any atom is 0.309 e. The molecule has 0 aromatic carbocycles. The second-order valence-corrected chi connectivity index (χ2v) is 8.97. The van der Waals surface area contributed by atoms with Crippen LogP contribution >= 0.6 is 0 Å². The highest BCUT2D eigenvalue weighted by atomic mass is 16.5. The molecule has 0 amide bonds. The molecule has 0 spiro atoms. The summed E-state index contributed by atoms with van der Waals surface area (Å²) in [5.41, 5.74) is 0. The van der Waals surface area contributed by atoms with Gasteiger partial charge < -0.3 is 9.84 Å². The molecule has 1 fully saturated rings. The Balaban J connectivity index is 2.40. The number of hydrogen-bond donors (Lipinski definition) is 1. The van der Waals surface area contributed by atoms with E-state index < -0.39 is 5.97 Å². The summed E-state index contributed by atoms with van der Waals surface area (Å²) in [7, 11) is 0. The molecule has 0 saturated heterocycles. The smallest absolute Gasteiger partial charge is 0.309 e. The van der Waals surface area contributed by atoms with Gasteiger partial charge in [0.2, 0.25) is 0 Å². The van der Waals surface area contributed by atoms with Gasteiger partial charge >= 0.3 is 11.9 Å². The Kier molecular flexibility index (Phi) is 10.9. The van der Waals surface area contributed by atoms with E-state index in [4.69, 9.17) is 4.74 Å². The van der Waals surface area contributed by atoms with Crippen molar-refractivity contribution in [1.82, 2.24) is 0 Å². The van der Waals surface area contributed by atoms with Crippen molar-refractivity contribution in [2.75, 3.05) is 0 Å². The summed E-state index contributed by atoms with van der Waals surface area (Å²) >= 11 is 0. The highest BCUT2D eigenvalue weighted by Crippen LogP contribution is 2.31. The average Bonchev–Trinajstić information content (AvgIpc) is 2.57. The fourth-order valence-corrected chi connectivity index (χ4v) is 3.92. The molecular weight excluding hydrogens is 328 g/mol. The number of carbonyl (C=O) groups excluding carboxylic acids is 1. The maximum absolute atomic E-state index is 12.6. The van der Waals surface area contributed by atoms with Gasteiger partial charge in [-0.15, -0.1) is 0 Å². The first kappa shape index (κ1) is 23.0. The molecule has 0 aromatic rings. The zero-order valence-electron chi connectivity index (χ0n) is 17.3. The molecule has 1 N–H and O–H groups in total. The zero-order chi connectivity index (χ0) is 19.5. The molecule has 1 saturated carbocycles. The monoisotopic (exact) mass is 368 g/mol. The Morgan fingerprint density at radius 1 is 0.923 bits per heavy atom. The number of aliphatic carboxylic acids is 1. The standard InChI is InChI=1S/C22H40O4/c1-16(2)10-7-5-6-8-13-20(14-17(3)4)26-22(25)19-12-9-11-18(15-19)21(23)24/h16-20H,5-15H2,1-4H3,(H,23,24). The Bertz CT molecular complexity index is 416. The van der Waals surface area contributed by atoms with E-state index in [2.05, 4.69) is 27.7 Å². The van der Waals surface area contributed by atoms with E-state index >= 15 is 0 Å². The van der Waals surface area contributed by atoms with Gasteiger partial charge in [-0.05, 0) is 50.4 Å². The summed E-state index contributed by atoms with van der Waals surface area (Å²) in [6.45, 7) is 8.84. The highest BCUT2D eigenvalue weighted by molar-refractivity contribution is 5.75. The summed E-state index contributed by atoms with van der Waals surface area (Å²) in [6.07, 6.45) is 10.6. The van der Waals surface area contributed by atoms with Gasteiger partial charge in [-0.1, -0.05) is 59.8 Å². The van der Waals surface area contributed by atoms with E-state index in [0.29, 0.717) is 18.8 Å². The molecule has 4 heteroatoms. The second kappa shape index (κ2) is 12.3. The van der Waals surface area contributed by atoms with Gasteiger partial charge in [-0.3, -0.25) is 9.59 Å². The number of carbonyl (C=O) groups is 2. The van der Waals surface area contributed by atoms with Crippen molar-refractivity contribution in [3.05, 3.63) is 0 Å². The maximum atomic E-state index is 12.6. The van der Waals surface area contributed by atoms with Crippen molar-refractivity contribution in [3.8, 4) is 0 Å². The summed E-state index contributed by atoms with van der Waals surface area (Å²) in [4.78, 5) is 23.8. The van der Waals surface area contributed by atoms with E-state index in [-0.39, 0.29) is 23.9 Å². The molecule has 1 rings (SSSR count). The topological polar surface area (TPSA) is 63.6 Å². The fraction of sp³-hybridized carbons (Fsp3) is 0.909. The molecule has 26 heavy (non-hydrogen) atoms. The van der Waals surface area contributed by atoms with Crippen LogP contribution in [0, 0.1) is 23.7 Å². The predicted octanol–water partition coefficient (Wildman–Crippen LogP) is 5.83. The first-order chi connectivity index (χ1) is 12.3. The minimum absolute atomic E-state index is 0.0159.